The summed E-state index contributed by atoms with van der Waals surface area (Å²) in [5.41, 5.74) is 0.582. The van der Waals surface area contributed by atoms with E-state index in [0.717, 1.165) is 51.4 Å². The molecule has 3 rings (SSSR count). The van der Waals surface area contributed by atoms with Crippen LogP contribution in [0.15, 0.2) is 36.4 Å². The lowest BCUT2D eigenvalue weighted by Crippen LogP contribution is -2.41. The van der Waals surface area contributed by atoms with Crippen molar-refractivity contribution in [2.75, 3.05) is 46.1 Å². The van der Waals surface area contributed by atoms with Crippen LogP contribution in [0.4, 0.5) is 0 Å². The third-order valence-electron chi connectivity index (χ3n) is 8.38. The highest BCUT2D eigenvalue weighted by atomic mass is 16.7. The molecule has 0 spiro atoms. The number of hydroxylamine groups is 2. The molecule has 53 heavy (non-hydrogen) atoms. The summed E-state index contributed by atoms with van der Waals surface area (Å²) in [4.78, 5) is 71.2. The second-order valence-electron chi connectivity index (χ2n) is 12.8. The fourth-order valence-corrected chi connectivity index (χ4v) is 5.29. The summed E-state index contributed by atoms with van der Waals surface area (Å²) in [7, 11) is 0. The number of benzene rings is 2. The zero-order chi connectivity index (χ0) is 38.4. The number of carbonyl (C=O) groups excluding carboxylic acids is 5. The number of nitrogens with zero attached hydrogens (tertiary/aromatic N) is 2. The fraction of sp³-hybridized carbons (Fsp3) is 0.575. The predicted molar refractivity (Wildman–Crippen MR) is 199 cm³/mol. The maximum atomic E-state index is 14.2. The molecule has 2 aromatic rings. The Hall–Kier alpha value is -4.81. The number of ether oxygens (including phenoxy) is 4. The molecule has 1 aliphatic rings. The largest absolute Gasteiger partial charge is 0.490 e. The van der Waals surface area contributed by atoms with Gasteiger partial charge in [-0.1, -0.05) is 65.5 Å². The Bertz CT molecular complexity index is 1480. The van der Waals surface area contributed by atoms with Crippen molar-refractivity contribution in [3.8, 4) is 23.0 Å². The first-order valence-electron chi connectivity index (χ1n) is 19.2. The van der Waals surface area contributed by atoms with Crippen LogP contribution in [0.1, 0.15) is 125 Å². The summed E-state index contributed by atoms with van der Waals surface area (Å²) in [6.45, 7) is 9.87. The van der Waals surface area contributed by atoms with Crippen LogP contribution < -0.4 is 24.3 Å². The van der Waals surface area contributed by atoms with E-state index in [1.54, 1.807) is 36.4 Å². The van der Waals surface area contributed by atoms with E-state index in [4.69, 9.17) is 23.8 Å². The number of unbranched alkanes of at least 4 members (excludes halogenated alkanes) is 5. The van der Waals surface area contributed by atoms with E-state index < -0.39 is 30.2 Å². The van der Waals surface area contributed by atoms with Gasteiger partial charge >= 0.3 is 5.97 Å². The topological polar surface area (TPSA) is 150 Å². The van der Waals surface area contributed by atoms with Gasteiger partial charge in [0.25, 0.3) is 23.6 Å². The van der Waals surface area contributed by atoms with Crippen LogP contribution in [0, 0.1) is 0 Å². The van der Waals surface area contributed by atoms with Crippen molar-refractivity contribution in [1.29, 1.82) is 0 Å². The van der Waals surface area contributed by atoms with Gasteiger partial charge in [-0.05, 0) is 62.8 Å². The Morgan fingerprint density at radius 2 is 1.15 bits per heavy atom. The molecule has 292 valence electrons. The van der Waals surface area contributed by atoms with Crippen molar-refractivity contribution >= 4 is 29.6 Å². The van der Waals surface area contributed by atoms with Crippen LogP contribution in [0.25, 0.3) is 0 Å². The molecule has 4 amide bonds. The van der Waals surface area contributed by atoms with Gasteiger partial charge in [-0.25, -0.2) is 4.79 Å². The number of para-hydroxylation sites is 2. The van der Waals surface area contributed by atoms with Crippen LogP contribution in [0.5, 0.6) is 23.0 Å². The quantitative estimate of drug-likeness (QED) is 0.0820. The second kappa shape index (κ2) is 23.7. The van der Waals surface area contributed by atoms with E-state index in [9.17, 15) is 24.0 Å². The fourth-order valence-electron chi connectivity index (χ4n) is 5.29. The van der Waals surface area contributed by atoms with Crippen molar-refractivity contribution in [2.24, 2.45) is 0 Å². The van der Waals surface area contributed by atoms with E-state index in [0.29, 0.717) is 67.1 Å². The zero-order valence-corrected chi connectivity index (χ0v) is 31.9. The molecule has 1 N–H and O–H groups in total. The summed E-state index contributed by atoms with van der Waals surface area (Å²) >= 11 is 0. The Morgan fingerprint density at radius 3 is 1.68 bits per heavy atom. The molecule has 1 aliphatic heterocycles. The molecule has 0 saturated carbocycles. The van der Waals surface area contributed by atoms with Crippen LogP contribution in [0.3, 0.4) is 0 Å². The standard InChI is InChI=1S/C40H57N3O10/c1-5-9-25-49-32-19-15-17-30(37(32)51-27-11-7-3)39(47)41-23-13-14-24-42(29-36(46)53-43-34(44)21-22-35(43)45)40(48)31-18-16-20-33(50-26-10-6-2)38(31)52-28-12-8-4/h15-20H,5-14,21-29H2,1-4H3,(H,41,47). The van der Waals surface area contributed by atoms with Gasteiger partial charge in [0.2, 0.25) is 0 Å². The zero-order valence-electron chi connectivity index (χ0n) is 31.9. The highest BCUT2D eigenvalue weighted by Gasteiger charge is 2.34. The summed E-state index contributed by atoms with van der Waals surface area (Å²) in [5, 5.41) is 3.40. The van der Waals surface area contributed by atoms with Crippen molar-refractivity contribution in [1.82, 2.24) is 15.3 Å². The van der Waals surface area contributed by atoms with E-state index in [1.165, 1.54) is 4.90 Å². The molecular weight excluding hydrogens is 682 g/mol. The monoisotopic (exact) mass is 739 g/mol. The van der Waals surface area contributed by atoms with Crippen molar-refractivity contribution < 1.29 is 47.8 Å². The third kappa shape index (κ3) is 13.6. The van der Waals surface area contributed by atoms with Gasteiger partial charge in [0.05, 0.1) is 37.6 Å². The molecule has 1 fully saturated rings. The molecule has 13 nitrogen and oxygen atoms in total. The molecular formula is C40H57N3O10. The number of imide groups is 1. The molecule has 13 heteroatoms. The van der Waals surface area contributed by atoms with E-state index in [-0.39, 0.29) is 43.2 Å². The first-order valence-corrected chi connectivity index (χ1v) is 19.2. The van der Waals surface area contributed by atoms with Gasteiger partial charge in [0, 0.05) is 25.9 Å². The maximum Gasteiger partial charge on any atom is 0.352 e. The number of carbonyl (C=O) groups is 5. The van der Waals surface area contributed by atoms with Crippen molar-refractivity contribution in [3.63, 3.8) is 0 Å². The molecule has 0 aromatic heterocycles. The first-order chi connectivity index (χ1) is 25.7. The second-order valence-corrected chi connectivity index (χ2v) is 12.8. The van der Waals surface area contributed by atoms with E-state index >= 15 is 0 Å². The molecule has 0 aliphatic carbocycles. The molecule has 0 bridgehead atoms. The van der Waals surface area contributed by atoms with E-state index in [1.807, 2.05) is 6.92 Å². The van der Waals surface area contributed by atoms with Crippen molar-refractivity contribution in [3.05, 3.63) is 47.5 Å². The Morgan fingerprint density at radius 1 is 0.660 bits per heavy atom. The molecule has 0 radical (unpaired) electrons. The third-order valence-corrected chi connectivity index (χ3v) is 8.38. The van der Waals surface area contributed by atoms with Crippen LogP contribution >= 0.6 is 0 Å². The molecule has 0 atom stereocenters. The van der Waals surface area contributed by atoms with Gasteiger partial charge in [0.15, 0.2) is 23.0 Å². The Kier molecular flexibility index (Phi) is 19.0. The molecule has 0 unspecified atom stereocenters. The Balaban J connectivity index is 1.75. The average molecular weight is 740 g/mol. The van der Waals surface area contributed by atoms with Crippen LogP contribution in [-0.2, 0) is 19.2 Å². The SMILES string of the molecule is CCCCOc1cccc(C(=O)NCCCCN(CC(=O)ON2C(=O)CCC2=O)C(=O)c2cccc(OCCCC)c2OCCCC)c1OCCCC. The van der Waals surface area contributed by atoms with E-state index in [2.05, 4.69) is 26.1 Å². The van der Waals surface area contributed by atoms with Crippen LogP contribution in [-0.4, -0.2) is 85.6 Å². The van der Waals surface area contributed by atoms with Gasteiger partial charge in [-0.3, -0.25) is 19.2 Å². The number of hydrogen-bond acceptors (Lipinski definition) is 10. The number of amides is 4. The van der Waals surface area contributed by atoms with Crippen LogP contribution in [0.2, 0.25) is 0 Å². The minimum atomic E-state index is -0.935. The minimum Gasteiger partial charge on any atom is -0.490 e. The lowest BCUT2D eigenvalue weighted by molar-refractivity contribution is -0.197. The lowest BCUT2D eigenvalue weighted by Gasteiger charge is -2.24. The highest BCUT2D eigenvalue weighted by molar-refractivity contribution is 6.02. The first kappa shape index (κ1) is 42.6. The predicted octanol–water partition coefficient (Wildman–Crippen LogP) is 6.66. The average Bonchev–Trinajstić information content (AvgIpc) is 3.47. The van der Waals surface area contributed by atoms with Gasteiger partial charge < -0.3 is 34.0 Å². The summed E-state index contributed by atoms with van der Waals surface area (Å²) in [6, 6.07) is 10.3. The summed E-state index contributed by atoms with van der Waals surface area (Å²) in [5.74, 6) is -1.33. The number of nitrogens with one attached hydrogen (secondary N) is 1. The highest BCUT2D eigenvalue weighted by Crippen LogP contribution is 2.34. The summed E-state index contributed by atoms with van der Waals surface area (Å²) < 4.78 is 24.0. The summed E-state index contributed by atoms with van der Waals surface area (Å²) in [6.07, 6.45) is 7.79. The van der Waals surface area contributed by atoms with Gasteiger partial charge in [-0.15, -0.1) is 5.06 Å². The normalized spacial score (nSPS) is 12.4. The maximum absolute atomic E-state index is 14.2. The van der Waals surface area contributed by atoms with Crippen molar-refractivity contribution in [2.45, 2.75) is 105 Å². The molecule has 1 heterocycles. The number of rotatable bonds is 26. The minimum absolute atomic E-state index is 0.0493. The van der Waals surface area contributed by atoms with Gasteiger partial charge in [-0.2, -0.15) is 0 Å². The van der Waals surface area contributed by atoms with Gasteiger partial charge in [0.1, 0.15) is 6.54 Å². The number of hydrogen-bond donors (Lipinski definition) is 1. The smallest absolute Gasteiger partial charge is 0.352 e. The lowest BCUT2D eigenvalue weighted by atomic mass is 10.1. The Labute approximate surface area is 313 Å². The molecule has 2 aromatic carbocycles. The molecule has 1 saturated heterocycles.